The monoisotopic (exact) mass is 266 g/mol. The Morgan fingerprint density at radius 2 is 2.17 bits per heavy atom. The van der Waals surface area contributed by atoms with Gasteiger partial charge in [0.2, 0.25) is 0 Å². The third-order valence-corrected chi connectivity index (χ3v) is 2.90. The minimum Gasteiger partial charge on any atom is -0.748 e. The van der Waals surface area contributed by atoms with Crippen molar-refractivity contribution in [1.82, 2.24) is 15.1 Å². The van der Waals surface area contributed by atoms with Gasteiger partial charge in [0.05, 0.1) is 11.4 Å². The zero-order chi connectivity index (χ0) is 13.0. The molecule has 2 rings (SSSR count). The summed E-state index contributed by atoms with van der Waals surface area (Å²) < 4.78 is 32.8. The zero-order valence-corrected chi connectivity index (χ0v) is 10.1. The summed E-state index contributed by atoms with van der Waals surface area (Å²) in [5.74, 6) is -0.475. The van der Waals surface area contributed by atoms with Gasteiger partial charge in [0.15, 0.2) is 12.7 Å². The molecule has 8 heteroatoms. The van der Waals surface area contributed by atoms with Gasteiger partial charge in [0.1, 0.15) is 22.6 Å². The molecule has 2 aromatic rings. The van der Waals surface area contributed by atoms with Gasteiger partial charge in [0, 0.05) is 17.8 Å². The number of nitrogens with zero attached hydrogens (tertiary/aromatic N) is 4. The van der Waals surface area contributed by atoms with Crippen LogP contribution in [0.25, 0.3) is 11.3 Å². The number of rotatable bonds is 4. The summed E-state index contributed by atoms with van der Waals surface area (Å²) in [4.78, 5) is 7.86. The fourth-order valence-electron chi connectivity index (χ4n) is 1.33. The maximum absolute atomic E-state index is 10.5. The Labute approximate surface area is 104 Å². The molecule has 0 bridgehead atoms. The van der Waals surface area contributed by atoms with Crippen LogP contribution in [0.3, 0.4) is 0 Å². The predicted octanol–water partition coefficient (Wildman–Crippen LogP) is -0.629. The van der Waals surface area contributed by atoms with Crippen LogP contribution in [0, 0.1) is 0 Å². The highest BCUT2D eigenvalue weighted by Gasteiger charge is 2.07. The first kappa shape index (κ1) is 12.5. The lowest BCUT2D eigenvalue weighted by atomic mass is 10.2. The minimum absolute atomic E-state index is 0.0376. The number of aryl methyl sites for hydroxylation is 1. The van der Waals surface area contributed by atoms with Crippen LogP contribution in [0.4, 0.5) is 0 Å². The summed E-state index contributed by atoms with van der Waals surface area (Å²) in [5.41, 5.74) is 1.51. The maximum Gasteiger partial charge on any atom is 0.197 e. The van der Waals surface area contributed by atoms with Crippen molar-refractivity contribution in [3.63, 3.8) is 0 Å². The third kappa shape index (κ3) is 3.54. The van der Waals surface area contributed by atoms with Crippen molar-refractivity contribution in [1.29, 1.82) is 0 Å². The normalized spacial score (nSPS) is 11.4. The van der Waals surface area contributed by atoms with E-state index in [1.807, 2.05) is 0 Å². The van der Waals surface area contributed by atoms with Gasteiger partial charge in [-0.25, -0.2) is 18.4 Å². The van der Waals surface area contributed by atoms with Crippen molar-refractivity contribution >= 4 is 10.1 Å². The van der Waals surface area contributed by atoms with Gasteiger partial charge in [-0.05, 0) is 11.2 Å². The average molecular weight is 266 g/mol. The lowest BCUT2D eigenvalue weighted by molar-refractivity contribution is -0.750. The summed E-state index contributed by atoms with van der Waals surface area (Å²) in [6.07, 6.45) is 6.20. The first-order valence-electron chi connectivity index (χ1n) is 5.10. The summed E-state index contributed by atoms with van der Waals surface area (Å²) in [5, 5.41) is 4.01. The standard InChI is InChI=1S/C10H10N4O3S/c15-18(16,17)6-5-14-4-2-9(7-13-14)10-1-3-11-8-12-10/h1-4,7-8H,5-6H2. The molecule has 0 atom stereocenters. The lowest BCUT2D eigenvalue weighted by Crippen LogP contribution is -2.40. The molecule has 0 spiro atoms. The Bertz CT molecular complexity index is 613. The van der Waals surface area contributed by atoms with Gasteiger partial charge in [0.25, 0.3) is 0 Å². The van der Waals surface area contributed by atoms with Gasteiger partial charge >= 0.3 is 0 Å². The van der Waals surface area contributed by atoms with Crippen LogP contribution in [-0.4, -0.2) is 33.8 Å². The van der Waals surface area contributed by atoms with Crippen LogP contribution in [0.15, 0.2) is 37.1 Å². The molecule has 0 amide bonds. The molecule has 0 fully saturated rings. The zero-order valence-electron chi connectivity index (χ0n) is 9.30. The molecule has 7 nitrogen and oxygen atoms in total. The van der Waals surface area contributed by atoms with Gasteiger partial charge in [-0.1, -0.05) is 4.68 Å². The minimum atomic E-state index is -4.22. The van der Waals surface area contributed by atoms with Crippen molar-refractivity contribution < 1.29 is 17.7 Å². The van der Waals surface area contributed by atoms with Crippen molar-refractivity contribution in [2.75, 3.05) is 5.75 Å². The van der Waals surface area contributed by atoms with Crippen LogP contribution in [0.5, 0.6) is 0 Å². The molecule has 0 saturated heterocycles. The van der Waals surface area contributed by atoms with Crippen LogP contribution in [-0.2, 0) is 16.7 Å². The molecule has 0 aromatic carbocycles. The Kier molecular flexibility index (Phi) is 3.58. The Hall–Kier alpha value is -1.93. The molecule has 2 aromatic heterocycles. The van der Waals surface area contributed by atoms with E-state index in [1.54, 1.807) is 30.7 Å². The highest BCUT2D eigenvalue weighted by Crippen LogP contribution is 2.11. The van der Waals surface area contributed by atoms with Gasteiger partial charge in [-0.2, -0.15) is 0 Å². The van der Waals surface area contributed by atoms with Gasteiger partial charge < -0.3 is 4.55 Å². The second kappa shape index (κ2) is 5.15. The molecule has 0 aliphatic carbocycles. The van der Waals surface area contributed by atoms with Crippen LogP contribution in [0.1, 0.15) is 0 Å². The SMILES string of the molecule is O=S(=O)([O-])CC[n+]1ccc(-c2ccncn2)cn1. The van der Waals surface area contributed by atoms with Crippen molar-refractivity contribution in [3.05, 3.63) is 37.1 Å². The van der Waals surface area contributed by atoms with Crippen molar-refractivity contribution in [2.45, 2.75) is 6.54 Å². The molecule has 0 saturated carbocycles. The van der Waals surface area contributed by atoms with Crippen LogP contribution >= 0.6 is 0 Å². The highest BCUT2D eigenvalue weighted by atomic mass is 32.2. The van der Waals surface area contributed by atoms with E-state index in [2.05, 4.69) is 15.1 Å². The molecular weight excluding hydrogens is 256 g/mol. The van der Waals surface area contributed by atoms with Gasteiger partial charge in [-0.15, -0.1) is 0 Å². The average Bonchev–Trinajstić information content (AvgIpc) is 2.37. The Morgan fingerprint density at radius 3 is 2.72 bits per heavy atom. The smallest absolute Gasteiger partial charge is 0.197 e. The van der Waals surface area contributed by atoms with E-state index in [9.17, 15) is 13.0 Å². The number of hydrogen-bond donors (Lipinski definition) is 0. The molecule has 0 unspecified atom stereocenters. The lowest BCUT2D eigenvalue weighted by Gasteiger charge is -2.02. The van der Waals surface area contributed by atoms with E-state index in [0.29, 0.717) is 0 Å². The van der Waals surface area contributed by atoms with E-state index in [0.717, 1.165) is 11.3 Å². The summed E-state index contributed by atoms with van der Waals surface area (Å²) in [7, 11) is -4.22. The van der Waals surface area contributed by atoms with E-state index < -0.39 is 15.9 Å². The second-order valence-corrected chi connectivity index (χ2v) is 5.06. The highest BCUT2D eigenvalue weighted by molar-refractivity contribution is 7.85. The third-order valence-electron chi connectivity index (χ3n) is 2.22. The largest absolute Gasteiger partial charge is 0.748 e. The molecule has 0 aliphatic heterocycles. The van der Waals surface area contributed by atoms with E-state index in [1.165, 1.54) is 11.0 Å². The fourth-order valence-corrected chi connectivity index (χ4v) is 1.75. The van der Waals surface area contributed by atoms with Crippen LogP contribution in [0.2, 0.25) is 0 Å². The number of aromatic nitrogens is 4. The topological polar surface area (TPSA) is 99.8 Å². The summed E-state index contributed by atoms with van der Waals surface area (Å²) in [6, 6.07) is 3.48. The van der Waals surface area contributed by atoms with E-state index >= 15 is 0 Å². The maximum atomic E-state index is 10.5. The Morgan fingerprint density at radius 1 is 1.33 bits per heavy atom. The fraction of sp³-hybridized carbons (Fsp3) is 0.200. The van der Waals surface area contributed by atoms with E-state index in [4.69, 9.17) is 0 Å². The Balaban J connectivity index is 2.11. The van der Waals surface area contributed by atoms with Gasteiger partial charge in [-0.3, -0.25) is 0 Å². The summed E-state index contributed by atoms with van der Waals surface area (Å²) in [6.45, 7) is 0.0376. The molecule has 0 radical (unpaired) electrons. The predicted molar refractivity (Wildman–Crippen MR) is 60.0 cm³/mol. The molecule has 94 valence electrons. The second-order valence-electron chi connectivity index (χ2n) is 3.54. The molecular formula is C10H10N4O3S. The quantitative estimate of drug-likeness (QED) is 0.539. The van der Waals surface area contributed by atoms with Crippen LogP contribution < -0.4 is 4.68 Å². The first-order chi connectivity index (χ1) is 8.54. The molecule has 18 heavy (non-hydrogen) atoms. The molecule has 2 heterocycles. The van der Waals surface area contributed by atoms with Crippen molar-refractivity contribution in [3.8, 4) is 11.3 Å². The number of hydrogen-bond acceptors (Lipinski definition) is 6. The summed E-state index contributed by atoms with van der Waals surface area (Å²) >= 11 is 0. The van der Waals surface area contributed by atoms with Crippen molar-refractivity contribution in [2.24, 2.45) is 0 Å². The molecule has 0 aliphatic rings. The molecule has 0 N–H and O–H groups in total. The first-order valence-corrected chi connectivity index (χ1v) is 6.68. The van der Waals surface area contributed by atoms with E-state index in [-0.39, 0.29) is 6.54 Å².